The summed E-state index contributed by atoms with van der Waals surface area (Å²) >= 11 is 5.64. The van der Waals surface area contributed by atoms with E-state index in [9.17, 15) is 4.79 Å². The Morgan fingerprint density at radius 3 is 2.10 bits per heavy atom. The van der Waals surface area contributed by atoms with E-state index in [2.05, 4.69) is 19.2 Å². The Bertz CT molecular complexity index is 394. The fraction of sp³-hybridized carbons (Fsp3) is 0.588. The van der Waals surface area contributed by atoms with E-state index in [1.165, 1.54) is 32.1 Å². The Morgan fingerprint density at radius 1 is 1.24 bits per heavy atom. The van der Waals surface area contributed by atoms with E-state index >= 15 is 0 Å². The zero-order valence-corrected chi connectivity index (χ0v) is 14.1. The van der Waals surface area contributed by atoms with Gasteiger partial charge in [-0.2, -0.15) is 0 Å². The molecule has 1 unspecified atom stereocenters. The first kappa shape index (κ1) is 17.8. The molecular weight excluding hydrogens is 284 g/mol. The van der Waals surface area contributed by atoms with Crippen molar-refractivity contribution >= 4 is 23.7 Å². The third kappa shape index (κ3) is 5.58. The van der Waals surface area contributed by atoms with Crippen LogP contribution in [0.15, 0.2) is 24.3 Å². The third-order valence-electron chi connectivity index (χ3n) is 3.72. The second-order valence-electron chi connectivity index (χ2n) is 5.49. The number of benzene rings is 1. The van der Waals surface area contributed by atoms with Crippen molar-refractivity contribution in [2.24, 2.45) is 0 Å². The minimum Gasteiger partial charge on any atom is -0.388 e. The average molecular weight is 311 g/mol. The van der Waals surface area contributed by atoms with Crippen molar-refractivity contribution in [3.05, 3.63) is 29.3 Å². The molecule has 4 heteroatoms. The quantitative estimate of drug-likeness (QED) is 0.812. The fourth-order valence-corrected chi connectivity index (χ4v) is 2.76. The van der Waals surface area contributed by atoms with E-state index in [-0.39, 0.29) is 0 Å². The molecule has 2 saturated heterocycles. The topological polar surface area (TPSA) is 32.3 Å². The van der Waals surface area contributed by atoms with Crippen molar-refractivity contribution in [2.75, 3.05) is 12.4 Å². The summed E-state index contributed by atoms with van der Waals surface area (Å²) in [7, 11) is 1.88. The largest absolute Gasteiger partial charge is 0.388 e. The molecule has 0 spiro atoms. The van der Waals surface area contributed by atoms with Gasteiger partial charge in [0.1, 0.15) is 0 Å². The van der Waals surface area contributed by atoms with Gasteiger partial charge in [0.2, 0.25) is 6.41 Å². The Labute approximate surface area is 133 Å². The number of hydrogen-bond donors (Lipinski definition) is 1. The first-order valence-electron chi connectivity index (χ1n) is 7.82. The summed E-state index contributed by atoms with van der Waals surface area (Å²) in [5.41, 5.74) is 1.08. The molecule has 1 amide bonds. The highest BCUT2D eigenvalue weighted by molar-refractivity contribution is 6.30. The maximum absolute atomic E-state index is 10.3. The molecule has 3 nitrogen and oxygen atoms in total. The highest BCUT2D eigenvalue weighted by atomic mass is 35.5. The summed E-state index contributed by atoms with van der Waals surface area (Å²) in [5.74, 6) is 0. The summed E-state index contributed by atoms with van der Waals surface area (Å²) in [6.45, 7) is 4.25. The second kappa shape index (κ2) is 9.67. The van der Waals surface area contributed by atoms with Gasteiger partial charge in [0.15, 0.2) is 0 Å². The predicted octanol–water partition coefficient (Wildman–Crippen LogP) is 4.57. The smallest absolute Gasteiger partial charge is 0.210 e. The highest BCUT2D eigenvalue weighted by Crippen LogP contribution is 2.36. The minimum absolute atomic E-state index is 0.626. The van der Waals surface area contributed by atoms with Crippen LogP contribution in [0.2, 0.25) is 5.02 Å². The van der Waals surface area contributed by atoms with Crippen LogP contribution in [0.4, 0.5) is 5.69 Å². The first-order valence-corrected chi connectivity index (χ1v) is 8.20. The van der Waals surface area contributed by atoms with E-state index < -0.39 is 0 Å². The third-order valence-corrected chi connectivity index (χ3v) is 3.97. The van der Waals surface area contributed by atoms with E-state index in [0.717, 1.165) is 17.1 Å². The molecule has 3 fully saturated rings. The van der Waals surface area contributed by atoms with Gasteiger partial charge in [0.25, 0.3) is 0 Å². The molecule has 4 rings (SSSR count). The monoisotopic (exact) mass is 310 g/mol. The number of nitrogens with zero attached hydrogens (tertiary/aromatic N) is 1. The van der Waals surface area contributed by atoms with Crippen LogP contribution in [0.1, 0.15) is 46.0 Å². The van der Waals surface area contributed by atoms with Gasteiger partial charge in [0, 0.05) is 29.8 Å². The molecule has 1 N–H and O–H groups in total. The van der Waals surface area contributed by atoms with Gasteiger partial charge in [0.05, 0.1) is 0 Å². The summed E-state index contributed by atoms with van der Waals surface area (Å²) in [4.78, 5) is 12.3. The maximum atomic E-state index is 10.3. The normalized spacial score (nSPS) is 21.8. The van der Waals surface area contributed by atoms with E-state index in [1.54, 1.807) is 0 Å². The standard InChI is InChI=1S/C7H8ClN.C7H11NO.C3H8/c1-9-7-4-2-6(8)3-5-7;9-5-8-6-2-1-3-7(8)4-6;1-3-2/h2-5,9H,1H3;5-7H,1-4H2;3H2,1-2H3/t;6-,7?;/m.1./s1. The molecule has 118 valence electrons. The average Bonchev–Trinajstić information content (AvgIpc) is 2.51. The van der Waals surface area contributed by atoms with Crippen LogP contribution in [0.5, 0.6) is 0 Å². The fourth-order valence-electron chi connectivity index (χ4n) is 2.63. The lowest BCUT2D eigenvalue weighted by Gasteiger charge is -2.50. The highest BCUT2D eigenvalue weighted by Gasteiger charge is 2.39. The second-order valence-corrected chi connectivity index (χ2v) is 5.93. The summed E-state index contributed by atoms with van der Waals surface area (Å²) < 4.78 is 0. The van der Waals surface area contributed by atoms with Crippen LogP contribution >= 0.6 is 11.6 Å². The van der Waals surface area contributed by atoms with Crippen molar-refractivity contribution < 1.29 is 4.79 Å². The van der Waals surface area contributed by atoms with Crippen molar-refractivity contribution in [3.63, 3.8) is 0 Å². The van der Waals surface area contributed by atoms with E-state index in [0.29, 0.717) is 12.1 Å². The molecule has 1 aliphatic carbocycles. The summed E-state index contributed by atoms with van der Waals surface area (Å²) in [6.07, 6.45) is 7.36. The number of nitrogens with one attached hydrogen (secondary N) is 1. The van der Waals surface area contributed by atoms with Gasteiger partial charge in [-0.05, 0) is 49.9 Å². The first-order chi connectivity index (χ1) is 10.2. The lowest BCUT2D eigenvalue weighted by molar-refractivity contribution is -0.134. The van der Waals surface area contributed by atoms with Crippen molar-refractivity contribution in [1.29, 1.82) is 0 Å². The molecule has 1 aromatic carbocycles. The van der Waals surface area contributed by atoms with E-state index in [1.807, 2.05) is 36.2 Å². The Kier molecular flexibility index (Phi) is 8.21. The zero-order chi connectivity index (χ0) is 15.7. The van der Waals surface area contributed by atoms with Gasteiger partial charge in [-0.3, -0.25) is 4.79 Å². The molecule has 1 aromatic rings. The molecule has 2 aliphatic heterocycles. The molecule has 0 radical (unpaired) electrons. The zero-order valence-electron chi connectivity index (χ0n) is 13.3. The number of carbonyl (C=O) groups is 1. The summed E-state index contributed by atoms with van der Waals surface area (Å²) in [6, 6.07) is 8.83. The van der Waals surface area contributed by atoms with Crippen molar-refractivity contribution in [1.82, 2.24) is 4.90 Å². The van der Waals surface area contributed by atoms with Gasteiger partial charge >= 0.3 is 0 Å². The minimum atomic E-state index is 0.626. The molecule has 3 aliphatic rings. The molecule has 1 saturated carbocycles. The summed E-state index contributed by atoms with van der Waals surface area (Å²) in [5, 5.41) is 3.77. The number of anilines is 1. The SMILES string of the molecule is CCC.CNc1ccc(Cl)cc1.O=CN1C2CCC[C@@H]1C2. The lowest BCUT2D eigenvalue weighted by Crippen LogP contribution is -2.57. The number of amides is 1. The molecule has 0 aromatic heterocycles. The molecule has 21 heavy (non-hydrogen) atoms. The number of rotatable bonds is 2. The lowest BCUT2D eigenvalue weighted by atomic mass is 9.80. The number of fused-ring (bicyclic) bond motifs is 2. The molecular formula is C17H27ClN2O. The van der Waals surface area contributed by atoms with Gasteiger partial charge in [-0.15, -0.1) is 0 Å². The van der Waals surface area contributed by atoms with Crippen LogP contribution in [0.25, 0.3) is 0 Å². The van der Waals surface area contributed by atoms with Gasteiger partial charge in [-0.1, -0.05) is 31.9 Å². The van der Waals surface area contributed by atoms with Crippen LogP contribution < -0.4 is 5.32 Å². The van der Waals surface area contributed by atoms with Crippen molar-refractivity contribution in [3.8, 4) is 0 Å². The van der Waals surface area contributed by atoms with Gasteiger partial charge < -0.3 is 10.2 Å². The number of carbonyl (C=O) groups excluding carboxylic acids is 1. The Hall–Kier alpha value is -1.22. The van der Waals surface area contributed by atoms with Crippen LogP contribution in [-0.2, 0) is 4.79 Å². The number of piperidine rings is 1. The number of halogens is 1. The molecule has 2 heterocycles. The van der Waals surface area contributed by atoms with Crippen LogP contribution in [0, 0.1) is 0 Å². The van der Waals surface area contributed by atoms with E-state index in [4.69, 9.17) is 11.6 Å². The molecule has 2 atom stereocenters. The van der Waals surface area contributed by atoms with Crippen molar-refractivity contribution in [2.45, 2.75) is 58.0 Å². The number of hydrogen-bond acceptors (Lipinski definition) is 2. The van der Waals surface area contributed by atoms with Gasteiger partial charge in [-0.25, -0.2) is 0 Å². The molecule has 2 bridgehead atoms. The van der Waals surface area contributed by atoms with Crippen LogP contribution in [0.3, 0.4) is 0 Å². The van der Waals surface area contributed by atoms with Crippen LogP contribution in [-0.4, -0.2) is 30.4 Å². The Balaban J connectivity index is 0.000000178. The maximum Gasteiger partial charge on any atom is 0.210 e. The Morgan fingerprint density at radius 2 is 1.76 bits per heavy atom. The predicted molar refractivity (Wildman–Crippen MR) is 90.9 cm³/mol.